The molecule has 4 rings (SSSR count). The smallest absolute Gasteiger partial charge is 0.276 e. The molecule has 2 aromatic carbocycles. The van der Waals surface area contributed by atoms with Gasteiger partial charge in [0.1, 0.15) is 5.82 Å². The molecular formula is C23H17FN4O2S. The largest absolute Gasteiger partial charge is 0.347 e. The lowest BCUT2D eigenvalue weighted by atomic mass is 10.0. The first-order chi connectivity index (χ1) is 15.1. The SMILES string of the molecule is O=C(NCc1ccccc1-c1ccsc1)c1nccnc1C(=O)Nc1ccc(F)cc1. The van der Waals surface area contributed by atoms with E-state index in [1.165, 1.54) is 36.7 Å². The highest BCUT2D eigenvalue weighted by Crippen LogP contribution is 2.25. The summed E-state index contributed by atoms with van der Waals surface area (Å²) in [5, 5.41) is 9.45. The third kappa shape index (κ3) is 4.81. The van der Waals surface area contributed by atoms with Crippen molar-refractivity contribution in [3.8, 4) is 11.1 Å². The minimum atomic E-state index is -0.608. The normalized spacial score (nSPS) is 10.5. The van der Waals surface area contributed by atoms with Crippen LogP contribution in [-0.2, 0) is 6.54 Å². The highest BCUT2D eigenvalue weighted by Gasteiger charge is 2.20. The maximum atomic E-state index is 13.1. The fourth-order valence-electron chi connectivity index (χ4n) is 3.03. The summed E-state index contributed by atoms with van der Waals surface area (Å²) < 4.78 is 13.1. The Balaban J connectivity index is 1.50. The summed E-state index contributed by atoms with van der Waals surface area (Å²) in [6.07, 6.45) is 2.69. The number of rotatable bonds is 6. The molecule has 6 nitrogen and oxygen atoms in total. The molecule has 0 aliphatic heterocycles. The van der Waals surface area contributed by atoms with Gasteiger partial charge in [0.05, 0.1) is 0 Å². The van der Waals surface area contributed by atoms with Crippen LogP contribution in [0, 0.1) is 5.82 Å². The molecule has 2 aromatic heterocycles. The van der Waals surface area contributed by atoms with E-state index in [4.69, 9.17) is 0 Å². The predicted octanol–water partition coefficient (Wildman–Crippen LogP) is 4.53. The summed E-state index contributed by atoms with van der Waals surface area (Å²) >= 11 is 1.60. The topological polar surface area (TPSA) is 84.0 Å². The minimum Gasteiger partial charge on any atom is -0.347 e. The van der Waals surface area contributed by atoms with E-state index in [0.717, 1.165) is 16.7 Å². The zero-order valence-corrected chi connectivity index (χ0v) is 17.0. The highest BCUT2D eigenvalue weighted by atomic mass is 32.1. The van der Waals surface area contributed by atoms with E-state index in [2.05, 4.69) is 20.6 Å². The summed E-state index contributed by atoms with van der Waals surface area (Å²) in [4.78, 5) is 33.5. The Labute approximate surface area is 181 Å². The van der Waals surface area contributed by atoms with Crippen LogP contribution in [0.3, 0.4) is 0 Å². The zero-order chi connectivity index (χ0) is 21.6. The molecule has 0 saturated carbocycles. The molecule has 0 saturated heterocycles. The van der Waals surface area contributed by atoms with Gasteiger partial charge in [-0.05, 0) is 57.8 Å². The monoisotopic (exact) mass is 432 g/mol. The number of anilines is 1. The number of thiophene rings is 1. The van der Waals surface area contributed by atoms with Crippen LogP contribution in [0.4, 0.5) is 10.1 Å². The molecular weight excluding hydrogens is 415 g/mol. The van der Waals surface area contributed by atoms with Crippen molar-refractivity contribution < 1.29 is 14.0 Å². The minimum absolute atomic E-state index is 0.0878. The van der Waals surface area contributed by atoms with Crippen LogP contribution < -0.4 is 10.6 Å². The van der Waals surface area contributed by atoms with Crippen LogP contribution in [0.1, 0.15) is 26.5 Å². The third-order valence-electron chi connectivity index (χ3n) is 4.52. The van der Waals surface area contributed by atoms with E-state index >= 15 is 0 Å². The number of hydrogen-bond acceptors (Lipinski definition) is 5. The average molecular weight is 432 g/mol. The predicted molar refractivity (Wildman–Crippen MR) is 117 cm³/mol. The lowest BCUT2D eigenvalue weighted by molar-refractivity contribution is 0.0931. The third-order valence-corrected chi connectivity index (χ3v) is 5.20. The Morgan fingerprint density at radius 2 is 1.61 bits per heavy atom. The van der Waals surface area contributed by atoms with Crippen molar-refractivity contribution in [3.05, 3.63) is 101 Å². The molecule has 2 N–H and O–H groups in total. The quantitative estimate of drug-likeness (QED) is 0.469. The fourth-order valence-corrected chi connectivity index (χ4v) is 3.68. The number of carbonyl (C=O) groups excluding carboxylic acids is 2. The highest BCUT2D eigenvalue weighted by molar-refractivity contribution is 7.08. The molecule has 154 valence electrons. The number of halogens is 1. The van der Waals surface area contributed by atoms with Crippen LogP contribution in [0.25, 0.3) is 11.1 Å². The molecule has 0 spiro atoms. The first-order valence-electron chi connectivity index (χ1n) is 9.38. The Kier molecular flexibility index (Phi) is 6.09. The van der Waals surface area contributed by atoms with Gasteiger partial charge in [0.25, 0.3) is 11.8 Å². The van der Waals surface area contributed by atoms with Crippen LogP contribution in [0.2, 0.25) is 0 Å². The molecule has 0 aliphatic carbocycles. The van der Waals surface area contributed by atoms with E-state index in [1.54, 1.807) is 11.3 Å². The molecule has 0 bridgehead atoms. The van der Waals surface area contributed by atoms with Crippen LogP contribution in [0.15, 0.2) is 77.8 Å². The van der Waals surface area contributed by atoms with Crippen LogP contribution in [-0.4, -0.2) is 21.8 Å². The second-order valence-corrected chi connectivity index (χ2v) is 7.35. The van der Waals surface area contributed by atoms with Gasteiger partial charge in [0.15, 0.2) is 11.4 Å². The molecule has 0 atom stereocenters. The summed E-state index contributed by atoms with van der Waals surface area (Å²) in [5.74, 6) is -1.54. The second kappa shape index (κ2) is 9.27. The van der Waals surface area contributed by atoms with Crippen molar-refractivity contribution in [1.82, 2.24) is 15.3 Å². The Morgan fingerprint density at radius 3 is 2.32 bits per heavy atom. The number of aromatic nitrogens is 2. The number of nitrogens with zero attached hydrogens (tertiary/aromatic N) is 2. The fraction of sp³-hybridized carbons (Fsp3) is 0.0435. The van der Waals surface area contributed by atoms with Gasteiger partial charge < -0.3 is 10.6 Å². The summed E-state index contributed by atoms with van der Waals surface area (Å²) in [7, 11) is 0. The van der Waals surface area contributed by atoms with E-state index in [0.29, 0.717) is 5.69 Å². The lowest BCUT2D eigenvalue weighted by Crippen LogP contribution is -2.28. The van der Waals surface area contributed by atoms with E-state index in [1.807, 2.05) is 41.1 Å². The Bertz CT molecular complexity index is 1210. The van der Waals surface area contributed by atoms with Gasteiger partial charge in [-0.3, -0.25) is 9.59 Å². The van der Waals surface area contributed by atoms with Crippen molar-refractivity contribution >= 4 is 28.8 Å². The van der Waals surface area contributed by atoms with E-state index in [-0.39, 0.29) is 17.9 Å². The zero-order valence-electron chi connectivity index (χ0n) is 16.2. The van der Waals surface area contributed by atoms with Gasteiger partial charge in [0, 0.05) is 24.6 Å². The van der Waals surface area contributed by atoms with Crippen molar-refractivity contribution in [3.63, 3.8) is 0 Å². The van der Waals surface area contributed by atoms with Crippen LogP contribution in [0.5, 0.6) is 0 Å². The Morgan fingerprint density at radius 1 is 0.903 bits per heavy atom. The van der Waals surface area contributed by atoms with Crippen molar-refractivity contribution in [2.75, 3.05) is 5.32 Å². The van der Waals surface area contributed by atoms with E-state index in [9.17, 15) is 14.0 Å². The summed E-state index contributed by atoms with van der Waals surface area (Å²) in [5.41, 5.74) is 3.22. The first kappa shape index (κ1) is 20.4. The number of hydrogen-bond donors (Lipinski definition) is 2. The molecule has 2 heterocycles. The molecule has 0 radical (unpaired) electrons. The molecule has 4 aromatic rings. The van der Waals surface area contributed by atoms with E-state index < -0.39 is 17.6 Å². The van der Waals surface area contributed by atoms with Gasteiger partial charge >= 0.3 is 0 Å². The number of nitrogens with one attached hydrogen (secondary N) is 2. The number of benzene rings is 2. The van der Waals surface area contributed by atoms with Crippen LogP contribution >= 0.6 is 11.3 Å². The van der Waals surface area contributed by atoms with Gasteiger partial charge in [0.2, 0.25) is 0 Å². The van der Waals surface area contributed by atoms with Crippen molar-refractivity contribution in [2.45, 2.75) is 6.54 Å². The summed E-state index contributed by atoms with van der Waals surface area (Å²) in [6, 6.07) is 15.1. The molecule has 0 fully saturated rings. The summed E-state index contributed by atoms with van der Waals surface area (Å²) in [6.45, 7) is 0.264. The van der Waals surface area contributed by atoms with Crippen molar-refractivity contribution in [2.24, 2.45) is 0 Å². The molecule has 31 heavy (non-hydrogen) atoms. The molecule has 2 amide bonds. The Hall–Kier alpha value is -3.91. The lowest BCUT2D eigenvalue weighted by Gasteiger charge is -2.11. The molecule has 0 unspecified atom stereocenters. The van der Waals surface area contributed by atoms with Gasteiger partial charge in [-0.1, -0.05) is 24.3 Å². The van der Waals surface area contributed by atoms with Gasteiger partial charge in [-0.15, -0.1) is 0 Å². The first-order valence-corrected chi connectivity index (χ1v) is 10.3. The average Bonchev–Trinajstić information content (AvgIpc) is 3.34. The number of amides is 2. The maximum absolute atomic E-state index is 13.1. The maximum Gasteiger partial charge on any atom is 0.276 e. The number of carbonyl (C=O) groups is 2. The second-order valence-electron chi connectivity index (χ2n) is 6.57. The standard InChI is InChI=1S/C23H17FN4O2S/c24-17-5-7-18(8-6-17)28-23(30)21-20(25-10-11-26-21)22(29)27-13-15-3-1-2-4-19(15)16-9-12-31-14-16/h1-12,14H,13H2,(H,27,29)(H,28,30). The molecule has 0 aliphatic rings. The van der Waals surface area contributed by atoms with Crippen molar-refractivity contribution in [1.29, 1.82) is 0 Å². The van der Waals surface area contributed by atoms with Gasteiger partial charge in [-0.2, -0.15) is 11.3 Å². The molecule has 8 heteroatoms. The van der Waals surface area contributed by atoms with Gasteiger partial charge in [-0.25, -0.2) is 14.4 Å².